The van der Waals surface area contributed by atoms with Crippen molar-refractivity contribution in [2.45, 2.75) is 51.4 Å². The molecule has 1 atom stereocenters. The maximum atomic E-state index is 5.60. The average molecular weight is 274 g/mol. The molecule has 3 nitrogen and oxygen atoms in total. The summed E-state index contributed by atoms with van der Waals surface area (Å²) in [4.78, 5) is 2.58. The summed E-state index contributed by atoms with van der Waals surface area (Å²) in [5.41, 5.74) is 0. The van der Waals surface area contributed by atoms with Crippen molar-refractivity contribution in [3.8, 4) is 0 Å². The van der Waals surface area contributed by atoms with Crippen LogP contribution < -0.4 is 5.32 Å². The first kappa shape index (κ1) is 16.3. The second kappa shape index (κ2) is 7.73. The quantitative estimate of drug-likeness (QED) is 0.803. The fourth-order valence-corrected chi connectivity index (χ4v) is 2.95. The van der Waals surface area contributed by atoms with Crippen LogP contribution in [0.1, 0.15) is 34.6 Å². The van der Waals surface area contributed by atoms with Gasteiger partial charge in [-0.2, -0.15) is 11.8 Å². The highest BCUT2D eigenvalue weighted by Gasteiger charge is 2.23. The molecular formula is C14H30N2OS. The van der Waals surface area contributed by atoms with Gasteiger partial charge in [0.1, 0.15) is 0 Å². The van der Waals surface area contributed by atoms with Gasteiger partial charge in [0.2, 0.25) is 0 Å². The summed E-state index contributed by atoms with van der Waals surface area (Å²) < 4.78 is 5.98. The van der Waals surface area contributed by atoms with Gasteiger partial charge in [0.25, 0.3) is 0 Å². The minimum Gasteiger partial charge on any atom is -0.378 e. The minimum absolute atomic E-state index is 0.373. The molecule has 0 spiro atoms. The molecule has 0 aromatic heterocycles. The summed E-state index contributed by atoms with van der Waals surface area (Å²) in [5.74, 6) is 1.21. The molecule has 108 valence electrons. The zero-order valence-corrected chi connectivity index (χ0v) is 13.5. The van der Waals surface area contributed by atoms with Crippen LogP contribution >= 0.6 is 11.8 Å². The molecule has 0 saturated carbocycles. The first-order chi connectivity index (χ1) is 8.38. The minimum atomic E-state index is 0.373. The Morgan fingerprint density at radius 1 is 1.39 bits per heavy atom. The molecule has 0 aromatic carbocycles. The van der Waals surface area contributed by atoms with Crippen molar-refractivity contribution in [1.82, 2.24) is 10.2 Å². The van der Waals surface area contributed by atoms with Crippen LogP contribution in [0.25, 0.3) is 0 Å². The van der Waals surface area contributed by atoms with Crippen molar-refractivity contribution in [3.05, 3.63) is 0 Å². The fraction of sp³-hybridized carbons (Fsp3) is 1.00. The largest absolute Gasteiger partial charge is 0.378 e. The van der Waals surface area contributed by atoms with Gasteiger partial charge in [0.15, 0.2) is 0 Å². The van der Waals surface area contributed by atoms with Gasteiger partial charge in [-0.1, -0.05) is 34.6 Å². The van der Waals surface area contributed by atoms with E-state index < -0.39 is 0 Å². The maximum Gasteiger partial charge on any atom is 0.0634 e. The predicted octanol–water partition coefficient (Wildman–Crippen LogP) is 2.22. The van der Waals surface area contributed by atoms with E-state index in [4.69, 9.17) is 4.74 Å². The number of thioether (sulfide) groups is 1. The Hall–Kier alpha value is 0.230. The molecule has 1 unspecified atom stereocenters. The number of rotatable bonds is 6. The Bertz CT molecular complexity index is 228. The highest BCUT2D eigenvalue weighted by Crippen LogP contribution is 2.23. The highest BCUT2D eigenvalue weighted by molar-refractivity contribution is 8.00. The molecular weight excluding hydrogens is 244 g/mol. The third-order valence-electron chi connectivity index (χ3n) is 3.02. The number of nitrogens with zero attached hydrogens (tertiary/aromatic N) is 1. The zero-order chi connectivity index (χ0) is 13.6. The molecule has 1 N–H and O–H groups in total. The third kappa shape index (κ3) is 6.98. The van der Waals surface area contributed by atoms with Gasteiger partial charge in [-0.25, -0.2) is 0 Å². The molecule has 4 heteroatoms. The van der Waals surface area contributed by atoms with Gasteiger partial charge in [-0.05, 0) is 0 Å². The van der Waals surface area contributed by atoms with Crippen LogP contribution in [0.3, 0.4) is 0 Å². The molecule has 1 fully saturated rings. The van der Waals surface area contributed by atoms with Crippen LogP contribution in [0, 0.1) is 0 Å². The van der Waals surface area contributed by atoms with Crippen LogP contribution in [-0.2, 0) is 4.74 Å². The van der Waals surface area contributed by atoms with E-state index in [1.165, 1.54) is 12.3 Å². The van der Waals surface area contributed by atoms with Crippen molar-refractivity contribution in [1.29, 1.82) is 0 Å². The lowest BCUT2D eigenvalue weighted by atomic mass is 10.2. The van der Waals surface area contributed by atoms with Crippen LogP contribution in [0.15, 0.2) is 0 Å². The lowest BCUT2D eigenvalue weighted by molar-refractivity contribution is -0.00415. The summed E-state index contributed by atoms with van der Waals surface area (Å²) >= 11 is 2.05. The zero-order valence-electron chi connectivity index (χ0n) is 12.7. The van der Waals surface area contributed by atoms with Gasteiger partial charge in [-0.3, -0.25) is 4.90 Å². The summed E-state index contributed by atoms with van der Waals surface area (Å²) in [6.45, 7) is 16.3. The second-order valence-electron chi connectivity index (χ2n) is 6.29. The van der Waals surface area contributed by atoms with Crippen LogP contribution in [0.5, 0.6) is 0 Å². The van der Waals surface area contributed by atoms with Crippen molar-refractivity contribution in [2.75, 3.05) is 38.6 Å². The van der Waals surface area contributed by atoms with E-state index in [0.29, 0.717) is 16.8 Å². The highest BCUT2D eigenvalue weighted by atomic mass is 32.2. The lowest BCUT2D eigenvalue weighted by Gasteiger charge is -2.36. The summed E-state index contributed by atoms with van der Waals surface area (Å²) in [6.07, 6.45) is 0. The van der Waals surface area contributed by atoms with E-state index >= 15 is 0 Å². The van der Waals surface area contributed by atoms with Crippen molar-refractivity contribution < 1.29 is 4.74 Å². The van der Waals surface area contributed by atoms with E-state index in [0.717, 1.165) is 26.3 Å². The molecule has 1 saturated heterocycles. The van der Waals surface area contributed by atoms with Gasteiger partial charge in [0, 0.05) is 42.2 Å². The second-order valence-corrected chi connectivity index (χ2v) is 8.21. The van der Waals surface area contributed by atoms with Gasteiger partial charge in [-0.15, -0.1) is 0 Å². The third-order valence-corrected chi connectivity index (χ3v) is 4.28. The van der Waals surface area contributed by atoms with Crippen molar-refractivity contribution in [2.24, 2.45) is 0 Å². The maximum absolute atomic E-state index is 5.60. The Labute approximate surface area is 117 Å². The molecule has 0 amide bonds. The number of nitrogens with one attached hydrogen (secondary N) is 1. The molecule has 0 aromatic rings. The molecule has 1 heterocycles. The monoisotopic (exact) mass is 274 g/mol. The van der Waals surface area contributed by atoms with Crippen molar-refractivity contribution >= 4 is 11.8 Å². The van der Waals surface area contributed by atoms with Gasteiger partial charge >= 0.3 is 0 Å². The normalized spacial score (nSPS) is 22.7. The van der Waals surface area contributed by atoms with Crippen LogP contribution in [0.4, 0.5) is 0 Å². The van der Waals surface area contributed by atoms with E-state index in [2.05, 4.69) is 56.6 Å². The molecule has 18 heavy (non-hydrogen) atoms. The topological polar surface area (TPSA) is 24.5 Å². The van der Waals surface area contributed by atoms with Crippen molar-refractivity contribution in [3.63, 3.8) is 0 Å². The first-order valence-electron chi connectivity index (χ1n) is 7.07. The average Bonchev–Trinajstić information content (AvgIpc) is 2.26. The number of morpholine rings is 1. The molecule has 1 aliphatic rings. The molecule has 0 aliphatic carbocycles. The Kier molecular flexibility index (Phi) is 6.99. The van der Waals surface area contributed by atoms with Crippen LogP contribution in [-0.4, -0.2) is 60.3 Å². The number of ether oxygens (including phenoxy) is 1. The van der Waals surface area contributed by atoms with E-state index in [-0.39, 0.29) is 0 Å². The van der Waals surface area contributed by atoms with Gasteiger partial charge < -0.3 is 10.1 Å². The summed E-state index contributed by atoms with van der Waals surface area (Å²) in [5, 5.41) is 3.52. The smallest absolute Gasteiger partial charge is 0.0634 e. The predicted molar refractivity (Wildman–Crippen MR) is 81.5 cm³/mol. The van der Waals surface area contributed by atoms with Gasteiger partial charge in [0.05, 0.1) is 13.2 Å². The lowest BCUT2D eigenvalue weighted by Crippen LogP contribution is -2.51. The molecule has 0 bridgehead atoms. The molecule has 1 rings (SSSR count). The molecule has 1 aliphatic heterocycles. The summed E-state index contributed by atoms with van der Waals surface area (Å²) in [6, 6.07) is 1.10. The Morgan fingerprint density at radius 3 is 2.72 bits per heavy atom. The standard InChI is InChI=1S/C14H30N2OS/c1-12(2)15-10-13-11-17-8-6-16(13)7-9-18-14(3,4)5/h12-13,15H,6-11H2,1-5H3. The van der Waals surface area contributed by atoms with E-state index in [1.54, 1.807) is 0 Å². The number of hydrogen-bond acceptors (Lipinski definition) is 4. The van der Waals surface area contributed by atoms with E-state index in [9.17, 15) is 0 Å². The van der Waals surface area contributed by atoms with Crippen LogP contribution in [0.2, 0.25) is 0 Å². The Morgan fingerprint density at radius 2 is 2.11 bits per heavy atom. The molecule has 0 radical (unpaired) electrons. The fourth-order valence-electron chi connectivity index (χ4n) is 2.01. The SMILES string of the molecule is CC(C)NCC1COCCN1CCSC(C)(C)C. The first-order valence-corrected chi connectivity index (χ1v) is 8.06. The summed E-state index contributed by atoms with van der Waals surface area (Å²) in [7, 11) is 0. The number of hydrogen-bond donors (Lipinski definition) is 1. The van der Waals surface area contributed by atoms with E-state index in [1.807, 2.05) is 0 Å². The Balaban J connectivity index is 2.30.